The number of likely N-dealkylation sites (N-methyl/N-ethyl adjacent to an activating group) is 1. The minimum Gasteiger partial charge on any atom is -0.480 e. The summed E-state index contributed by atoms with van der Waals surface area (Å²) in [6.07, 6.45) is 0.410. The predicted molar refractivity (Wildman–Crippen MR) is 68.2 cm³/mol. The van der Waals surface area contributed by atoms with Crippen LogP contribution in [0.5, 0.6) is 0 Å². The van der Waals surface area contributed by atoms with Gasteiger partial charge in [0, 0.05) is 6.54 Å². The number of carboxylic acids is 1. The van der Waals surface area contributed by atoms with Gasteiger partial charge in [-0.1, -0.05) is 20.8 Å². The van der Waals surface area contributed by atoms with Gasteiger partial charge in [-0.05, 0) is 18.9 Å². The molecule has 0 rings (SSSR count). The largest absolute Gasteiger partial charge is 0.480 e. The van der Waals surface area contributed by atoms with Crippen molar-refractivity contribution < 1.29 is 19.8 Å². The third-order valence-electron chi connectivity index (χ3n) is 2.57. The number of hydrogen-bond donors (Lipinski definition) is 3. The fourth-order valence-corrected chi connectivity index (χ4v) is 1.63. The molecule has 0 fully saturated rings. The van der Waals surface area contributed by atoms with Crippen molar-refractivity contribution >= 4 is 11.9 Å². The Bertz CT molecular complexity index is 269. The summed E-state index contributed by atoms with van der Waals surface area (Å²) < 4.78 is 0. The monoisotopic (exact) mass is 260 g/mol. The van der Waals surface area contributed by atoms with Gasteiger partial charge in [0.1, 0.15) is 6.04 Å². The molecule has 106 valence electrons. The molecule has 0 aromatic carbocycles. The molecule has 0 aliphatic rings. The molecule has 0 aromatic heterocycles. The first-order valence-electron chi connectivity index (χ1n) is 6.26. The number of carboxylic acid groups (broad SMARTS) is 1. The van der Waals surface area contributed by atoms with Gasteiger partial charge in [0.05, 0.1) is 13.2 Å². The zero-order valence-corrected chi connectivity index (χ0v) is 11.3. The van der Waals surface area contributed by atoms with Crippen LogP contribution in [0.15, 0.2) is 0 Å². The highest BCUT2D eigenvalue weighted by molar-refractivity contribution is 5.84. The first kappa shape index (κ1) is 16.9. The number of carbonyl (C=O) groups excluding carboxylic acids is 1. The molecule has 6 heteroatoms. The molecule has 3 N–H and O–H groups in total. The second kappa shape index (κ2) is 8.88. The van der Waals surface area contributed by atoms with Gasteiger partial charge in [0.2, 0.25) is 5.91 Å². The predicted octanol–water partition coefficient (Wildman–Crippen LogP) is -0.0839. The first-order valence-corrected chi connectivity index (χ1v) is 6.26. The van der Waals surface area contributed by atoms with Crippen molar-refractivity contribution in [1.29, 1.82) is 0 Å². The summed E-state index contributed by atoms with van der Waals surface area (Å²) in [4.78, 5) is 24.4. The van der Waals surface area contributed by atoms with Gasteiger partial charge in [-0.15, -0.1) is 0 Å². The van der Waals surface area contributed by atoms with Gasteiger partial charge in [0.25, 0.3) is 0 Å². The molecule has 18 heavy (non-hydrogen) atoms. The zero-order chi connectivity index (χ0) is 14.1. The molecule has 0 spiro atoms. The van der Waals surface area contributed by atoms with E-state index in [4.69, 9.17) is 10.2 Å². The molecule has 0 aliphatic heterocycles. The second-order valence-electron chi connectivity index (χ2n) is 4.68. The maximum Gasteiger partial charge on any atom is 0.326 e. The Labute approximate surface area is 108 Å². The van der Waals surface area contributed by atoms with E-state index in [-0.39, 0.29) is 25.0 Å². The third-order valence-corrected chi connectivity index (χ3v) is 2.57. The molecule has 0 bridgehead atoms. The number of aliphatic hydroxyl groups is 1. The fourth-order valence-electron chi connectivity index (χ4n) is 1.63. The van der Waals surface area contributed by atoms with Crippen LogP contribution in [-0.2, 0) is 9.59 Å². The Kier molecular flexibility index (Phi) is 8.32. The molecular formula is C12H24N2O4. The van der Waals surface area contributed by atoms with Crippen molar-refractivity contribution in [2.24, 2.45) is 5.92 Å². The lowest BCUT2D eigenvalue weighted by Crippen LogP contribution is -2.46. The van der Waals surface area contributed by atoms with Gasteiger partial charge in [-0.25, -0.2) is 4.79 Å². The highest BCUT2D eigenvalue weighted by atomic mass is 16.4. The molecule has 6 nitrogen and oxygen atoms in total. The van der Waals surface area contributed by atoms with Gasteiger partial charge in [-0.3, -0.25) is 9.69 Å². The molecule has 1 atom stereocenters. The van der Waals surface area contributed by atoms with Crippen LogP contribution in [0, 0.1) is 5.92 Å². The highest BCUT2D eigenvalue weighted by Crippen LogP contribution is 2.04. The van der Waals surface area contributed by atoms with Gasteiger partial charge in [0.15, 0.2) is 0 Å². The van der Waals surface area contributed by atoms with E-state index < -0.39 is 12.0 Å². The first-order chi connectivity index (χ1) is 8.40. The van der Waals surface area contributed by atoms with Crippen LogP contribution in [0.1, 0.15) is 27.2 Å². The van der Waals surface area contributed by atoms with Gasteiger partial charge >= 0.3 is 5.97 Å². The number of hydrogen-bond acceptors (Lipinski definition) is 4. The van der Waals surface area contributed by atoms with Crippen molar-refractivity contribution in [2.45, 2.75) is 33.2 Å². The van der Waals surface area contributed by atoms with Gasteiger partial charge in [-0.2, -0.15) is 0 Å². The van der Waals surface area contributed by atoms with Crippen LogP contribution in [0.25, 0.3) is 0 Å². The molecule has 0 aliphatic carbocycles. The minimum absolute atomic E-state index is 0.0184. The summed E-state index contributed by atoms with van der Waals surface area (Å²) in [5.74, 6) is -1.13. The summed E-state index contributed by atoms with van der Waals surface area (Å²) in [6.45, 7) is 6.83. The lowest BCUT2D eigenvalue weighted by Gasteiger charge is -2.21. The Morgan fingerprint density at radius 1 is 1.33 bits per heavy atom. The number of nitrogens with zero attached hydrogens (tertiary/aromatic N) is 1. The molecule has 0 saturated carbocycles. The van der Waals surface area contributed by atoms with E-state index in [9.17, 15) is 9.59 Å². The van der Waals surface area contributed by atoms with Crippen LogP contribution in [0.4, 0.5) is 0 Å². The normalized spacial score (nSPS) is 12.8. The number of amides is 1. The molecule has 1 unspecified atom stereocenters. The molecular weight excluding hydrogens is 236 g/mol. The van der Waals surface area contributed by atoms with E-state index in [1.165, 1.54) is 0 Å². The quantitative estimate of drug-likeness (QED) is 0.539. The van der Waals surface area contributed by atoms with Crippen molar-refractivity contribution in [2.75, 3.05) is 26.2 Å². The Hall–Kier alpha value is -1.14. The number of aliphatic carboxylic acids is 1. The maximum absolute atomic E-state index is 11.7. The van der Waals surface area contributed by atoms with E-state index in [2.05, 4.69) is 5.32 Å². The zero-order valence-electron chi connectivity index (χ0n) is 11.3. The molecule has 1 amide bonds. The summed E-state index contributed by atoms with van der Waals surface area (Å²) >= 11 is 0. The smallest absolute Gasteiger partial charge is 0.326 e. The van der Waals surface area contributed by atoms with Crippen molar-refractivity contribution in [3.8, 4) is 0 Å². The maximum atomic E-state index is 11.7. The second-order valence-corrected chi connectivity index (χ2v) is 4.68. The summed E-state index contributed by atoms with van der Waals surface area (Å²) in [5.41, 5.74) is 0. The third kappa shape index (κ3) is 7.24. The average Bonchev–Trinajstić information content (AvgIpc) is 2.26. The van der Waals surface area contributed by atoms with Gasteiger partial charge < -0.3 is 15.5 Å². The van der Waals surface area contributed by atoms with E-state index in [1.807, 2.05) is 20.8 Å². The number of rotatable bonds is 9. The topological polar surface area (TPSA) is 89.9 Å². The van der Waals surface area contributed by atoms with Crippen LogP contribution < -0.4 is 5.32 Å². The highest BCUT2D eigenvalue weighted by Gasteiger charge is 2.21. The molecule has 0 heterocycles. The van der Waals surface area contributed by atoms with Crippen molar-refractivity contribution in [3.63, 3.8) is 0 Å². The Morgan fingerprint density at radius 2 is 1.94 bits per heavy atom. The summed E-state index contributed by atoms with van der Waals surface area (Å²) in [6, 6.07) is -0.842. The molecule has 0 saturated heterocycles. The standard InChI is InChI=1S/C12H24N2O4/c1-4-14(5-6-15)8-11(16)13-10(12(17)18)7-9(2)3/h9-10,15H,4-8H2,1-3H3,(H,13,16)(H,17,18). The van der Waals surface area contributed by atoms with Crippen LogP contribution in [0.3, 0.4) is 0 Å². The van der Waals surface area contributed by atoms with E-state index in [1.54, 1.807) is 4.90 Å². The van der Waals surface area contributed by atoms with Crippen LogP contribution >= 0.6 is 0 Å². The van der Waals surface area contributed by atoms with Crippen LogP contribution in [0.2, 0.25) is 0 Å². The Morgan fingerprint density at radius 3 is 2.33 bits per heavy atom. The number of nitrogens with one attached hydrogen (secondary N) is 1. The van der Waals surface area contributed by atoms with Crippen molar-refractivity contribution in [3.05, 3.63) is 0 Å². The minimum atomic E-state index is -1.01. The molecule has 0 radical (unpaired) electrons. The lowest BCUT2D eigenvalue weighted by molar-refractivity contribution is -0.142. The summed E-state index contributed by atoms with van der Waals surface area (Å²) in [5, 5.41) is 20.3. The lowest BCUT2D eigenvalue weighted by atomic mass is 10.0. The average molecular weight is 260 g/mol. The van der Waals surface area contributed by atoms with E-state index >= 15 is 0 Å². The number of aliphatic hydroxyl groups excluding tert-OH is 1. The molecule has 0 aromatic rings. The van der Waals surface area contributed by atoms with Crippen LogP contribution in [-0.4, -0.2) is 59.3 Å². The summed E-state index contributed by atoms with van der Waals surface area (Å²) in [7, 11) is 0. The van der Waals surface area contributed by atoms with Crippen molar-refractivity contribution in [1.82, 2.24) is 10.2 Å². The number of carbonyl (C=O) groups is 2. The van der Waals surface area contributed by atoms with E-state index in [0.717, 1.165) is 0 Å². The fraction of sp³-hybridized carbons (Fsp3) is 0.833. The Balaban J connectivity index is 4.28. The van der Waals surface area contributed by atoms with E-state index in [0.29, 0.717) is 19.5 Å². The SMILES string of the molecule is CCN(CCO)CC(=O)NC(CC(C)C)C(=O)O.